The third-order valence-electron chi connectivity index (χ3n) is 3.78. The molecule has 0 saturated heterocycles. The van der Waals surface area contributed by atoms with Crippen molar-refractivity contribution >= 4 is 49.7 Å². The number of allylic oxidation sites excluding steroid dienone is 1. The Bertz CT molecular complexity index is 768. The predicted molar refractivity (Wildman–Crippen MR) is 122 cm³/mol. The summed E-state index contributed by atoms with van der Waals surface area (Å²) in [6, 6.07) is 30.4. The van der Waals surface area contributed by atoms with Gasteiger partial charge in [-0.1, -0.05) is 107 Å². The molecule has 0 aliphatic heterocycles. The number of hydrogen-bond acceptors (Lipinski definition) is 0. The van der Waals surface area contributed by atoms with Crippen molar-refractivity contribution in [2.24, 2.45) is 0 Å². The van der Waals surface area contributed by atoms with Crippen LogP contribution in [0.25, 0.3) is 5.57 Å². The van der Waals surface area contributed by atoms with Crippen LogP contribution in [0.5, 0.6) is 0 Å². The summed E-state index contributed by atoms with van der Waals surface area (Å²) in [5.74, 6) is 0. The molecule has 0 bridgehead atoms. The summed E-state index contributed by atoms with van der Waals surface area (Å²) in [6.45, 7) is 6.26. The molecule has 3 rings (SSSR count). The van der Waals surface area contributed by atoms with E-state index >= 15 is 0 Å². The molecule has 3 aromatic carbocycles. The Kier molecular flexibility index (Phi) is 8.40. The van der Waals surface area contributed by atoms with Gasteiger partial charge in [0.05, 0.1) is 0 Å². The molecule has 0 aliphatic rings. The summed E-state index contributed by atoms with van der Waals surface area (Å²) in [7, 11) is -1.01. The normalized spacial score (nSPS) is 10.4. The van der Waals surface area contributed by atoms with E-state index in [2.05, 4.69) is 113 Å². The molecule has 0 aromatic heterocycles. The van der Waals surface area contributed by atoms with Gasteiger partial charge in [0.2, 0.25) is 0 Å². The Hall–Kier alpha value is -1.58. The fourth-order valence-electron chi connectivity index (χ4n) is 2.76. The van der Waals surface area contributed by atoms with Gasteiger partial charge in [0.15, 0.2) is 8.80 Å². The van der Waals surface area contributed by atoms with Crippen LogP contribution in [0.15, 0.2) is 91.5 Å². The monoisotopic (exact) mass is 464 g/mol. The third-order valence-corrected chi connectivity index (χ3v) is 6.58. The minimum atomic E-state index is -1.01. The van der Waals surface area contributed by atoms with E-state index in [1.165, 1.54) is 21.1 Å². The minimum absolute atomic E-state index is 0.543. The molecular weight excluding hydrogens is 435 g/mol. The van der Waals surface area contributed by atoms with Crippen molar-refractivity contribution in [2.45, 2.75) is 21.7 Å². The van der Waals surface area contributed by atoms with Crippen LogP contribution in [0.2, 0.25) is 14.8 Å². The summed E-state index contributed by atoms with van der Waals surface area (Å²) >= 11 is -0.543. The second kappa shape index (κ2) is 10.5. The van der Waals surface area contributed by atoms with Crippen LogP contribution in [0.3, 0.4) is 0 Å². The first-order valence-electron chi connectivity index (χ1n) is 9.00. The zero-order valence-electron chi connectivity index (χ0n) is 16.3. The van der Waals surface area contributed by atoms with Crippen molar-refractivity contribution < 1.29 is 0 Å². The Morgan fingerprint density at radius 2 is 1.08 bits per heavy atom. The van der Waals surface area contributed by atoms with Gasteiger partial charge in [0.25, 0.3) is 0 Å². The van der Waals surface area contributed by atoms with E-state index in [1.54, 1.807) is 0 Å². The van der Waals surface area contributed by atoms with E-state index < -0.39 is 28.6 Å². The Morgan fingerprint density at radius 3 is 1.50 bits per heavy atom. The molecule has 132 valence electrons. The molecule has 0 atom stereocenters. The Morgan fingerprint density at radius 1 is 0.692 bits per heavy atom. The van der Waals surface area contributed by atoms with Gasteiger partial charge in [-0.15, -0.1) is 0 Å². The molecule has 0 saturated carbocycles. The quantitative estimate of drug-likeness (QED) is 0.392. The molecule has 0 unspecified atom stereocenters. The number of benzene rings is 3. The summed E-state index contributed by atoms with van der Waals surface area (Å²) in [6.07, 6.45) is 0. The van der Waals surface area contributed by atoms with E-state index in [4.69, 9.17) is 0 Å². The molecule has 0 spiro atoms. The van der Waals surface area contributed by atoms with Gasteiger partial charge in [0.1, 0.15) is 0 Å². The first-order chi connectivity index (χ1) is 12.5. The number of rotatable bonds is 4. The fraction of sp³-hybridized carbons (Fsp3) is 0.167. The van der Waals surface area contributed by atoms with E-state index in [9.17, 15) is 0 Å². The maximum atomic E-state index is 4.17. The molecule has 0 heterocycles. The number of hydrogen-bond donors (Lipinski definition) is 0. The zero-order chi connectivity index (χ0) is 18.9. The van der Waals surface area contributed by atoms with Gasteiger partial charge in [-0.05, 0) is 17.7 Å². The average Bonchev–Trinajstić information content (AvgIpc) is 2.64. The van der Waals surface area contributed by atoms with E-state index in [0.717, 1.165) is 5.57 Å². The van der Waals surface area contributed by atoms with Crippen molar-refractivity contribution in [1.29, 1.82) is 0 Å². The molecule has 0 aliphatic carbocycles. The average molecular weight is 463 g/mol. The second-order valence-corrected chi connectivity index (χ2v) is 17.9. The third kappa shape index (κ3) is 5.99. The maximum absolute atomic E-state index is 4.17. The summed E-state index contributed by atoms with van der Waals surface area (Å²) in [5.41, 5.74) is 2.41. The van der Waals surface area contributed by atoms with E-state index in [1.807, 2.05) is 0 Å². The van der Waals surface area contributed by atoms with Crippen LogP contribution >= 0.6 is 0 Å². The predicted octanol–water partition coefficient (Wildman–Crippen LogP) is 4.61. The van der Waals surface area contributed by atoms with Gasteiger partial charge in [-0.3, -0.25) is 0 Å². The standard InChI is InChI=1S/C21H19Si.3CH3.Sn/c1-17(2)20-15-9-10-16-21(20)22(18-11-5-3-6-12-18)19-13-7-4-8-14-19;;;;/h3-16H,1H2,2H3;3*1H3;. The van der Waals surface area contributed by atoms with Crippen LogP contribution in [0, 0.1) is 0 Å². The van der Waals surface area contributed by atoms with Gasteiger partial charge in [-0.2, -0.15) is 0 Å². The second-order valence-electron chi connectivity index (χ2n) is 6.93. The molecular formula is C24H28SiSn. The van der Waals surface area contributed by atoms with Crippen molar-refractivity contribution in [1.82, 2.24) is 0 Å². The van der Waals surface area contributed by atoms with Crippen LogP contribution in [0.1, 0.15) is 12.5 Å². The first-order valence-corrected chi connectivity index (χ1v) is 19.1. The zero-order valence-corrected chi connectivity index (χ0v) is 20.1. The molecule has 2 radical (unpaired) electrons. The van der Waals surface area contributed by atoms with E-state index in [-0.39, 0.29) is 0 Å². The van der Waals surface area contributed by atoms with Crippen molar-refractivity contribution in [3.05, 3.63) is 97.1 Å². The molecule has 3 aromatic rings. The molecule has 2 heteroatoms. The van der Waals surface area contributed by atoms with Crippen molar-refractivity contribution in [2.75, 3.05) is 0 Å². The first kappa shape index (κ1) is 20.7. The van der Waals surface area contributed by atoms with Gasteiger partial charge < -0.3 is 0 Å². The van der Waals surface area contributed by atoms with E-state index in [0.29, 0.717) is 0 Å². The Labute approximate surface area is 168 Å². The summed E-state index contributed by atoms with van der Waals surface area (Å²) < 4.78 is 0. The van der Waals surface area contributed by atoms with Gasteiger partial charge in [-0.25, -0.2) is 0 Å². The summed E-state index contributed by atoms with van der Waals surface area (Å²) in [4.78, 5) is 7.09. The SMILES string of the molecule is C=C(C)c1ccccc1[Si](c1ccccc1)c1ccccc1.[CH3][Sn]([CH3])[CH3]. The molecule has 0 amide bonds. The Balaban J connectivity index is 0.000000552. The molecule has 0 nitrogen and oxygen atoms in total. The molecule has 0 N–H and O–H groups in total. The van der Waals surface area contributed by atoms with Crippen LogP contribution in [-0.4, -0.2) is 28.6 Å². The fourth-order valence-corrected chi connectivity index (χ4v) is 5.60. The topological polar surface area (TPSA) is 0 Å². The van der Waals surface area contributed by atoms with Crippen LogP contribution < -0.4 is 15.6 Å². The van der Waals surface area contributed by atoms with Gasteiger partial charge >= 0.3 is 34.6 Å². The van der Waals surface area contributed by atoms with Crippen molar-refractivity contribution in [3.8, 4) is 0 Å². The van der Waals surface area contributed by atoms with Crippen LogP contribution in [0.4, 0.5) is 0 Å². The van der Waals surface area contributed by atoms with Crippen molar-refractivity contribution in [3.63, 3.8) is 0 Å². The summed E-state index contributed by atoms with van der Waals surface area (Å²) in [5, 5.41) is 4.23. The molecule has 26 heavy (non-hydrogen) atoms. The van der Waals surface area contributed by atoms with Gasteiger partial charge in [0, 0.05) is 0 Å². The van der Waals surface area contributed by atoms with Crippen LogP contribution in [-0.2, 0) is 0 Å². The molecule has 0 fully saturated rings.